The molecule has 1 heterocycles. The molecule has 0 aromatic carbocycles. The van der Waals surface area contributed by atoms with Crippen molar-refractivity contribution in [3.63, 3.8) is 0 Å². The number of guanidine groups is 2. The summed E-state index contributed by atoms with van der Waals surface area (Å²) in [4.78, 5) is 22.7. The van der Waals surface area contributed by atoms with Crippen LogP contribution in [0.15, 0.2) is 11.8 Å². The molecule has 210 valence electrons. The number of nitrogens with two attached hydrogens (primary N) is 1. The second-order valence-electron chi connectivity index (χ2n) is 9.77. The van der Waals surface area contributed by atoms with Gasteiger partial charge in [-0.15, -0.1) is 12.6 Å². The summed E-state index contributed by atoms with van der Waals surface area (Å²) in [6, 6.07) is -2.10. The molecule has 0 aromatic rings. The molecule has 0 radical (unpaired) electrons. The largest absolute Gasteiger partial charge is 0.478 e. The number of hydrogen-bond acceptors (Lipinski definition) is 9. The number of thiol groups is 1. The summed E-state index contributed by atoms with van der Waals surface area (Å²) in [5.74, 6) is -3.18. The first-order chi connectivity index (χ1) is 17.0. The lowest BCUT2D eigenvalue weighted by atomic mass is 9.91. The molecule has 0 bridgehead atoms. The predicted octanol–water partition coefficient (Wildman–Crippen LogP) is -2.57. The molecule has 1 rings (SSSR count). The van der Waals surface area contributed by atoms with Crippen LogP contribution in [0.2, 0.25) is 6.32 Å². The fourth-order valence-electron chi connectivity index (χ4n) is 3.69. The maximum Gasteiger partial charge on any atom is 0.370 e. The van der Waals surface area contributed by atoms with Gasteiger partial charge in [-0.25, -0.2) is 4.79 Å². The molecule has 0 saturated heterocycles. The zero-order chi connectivity index (χ0) is 28.6. The highest BCUT2D eigenvalue weighted by Gasteiger charge is 2.44. The smallest absolute Gasteiger partial charge is 0.370 e. The van der Waals surface area contributed by atoms with Crippen molar-refractivity contribution in [2.75, 3.05) is 13.2 Å². The van der Waals surface area contributed by atoms with Gasteiger partial charge in [0.1, 0.15) is 31.1 Å². The van der Waals surface area contributed by atoms with Gasteiger partial charge in [-0.2, -0.15) is 0 Å². The number of aliphatic hydroxyl groups excluding tert-OH is 2. The summed E-state index contributed by atoms with van der Waals surface area (Å²) in [5, 5.41) is 57.1. The Labute approximate surface area is 222 Å². The minimum absolute atomic E-state index is 0.151. The summed E-state index contributed by atoms with van der Waals surface area (Å²) in [5.41, 5.74) is 4.72. The van der Waals surface area contributed by atoms with Gasteiger partial charge in [0.15, 0.2) is 11.9 Å². The van der Waals surface area contributed by atoms with E-state index in [2.05, 4.69) is 33.9 Å². The molecule has 0 aliphatic carbocycles. The van der Waals surface area contributed by atoms with Crippen molar-refractivity contribution in [3.05, 3.63) is 11.8 Å². The second kappa shape index (κ2) is 13.7. The highest BCUT2D eigenvalue weighted by Crippen LogP contribution is 2.24. The lowest BCUT2D eigenvalue weighted by Crippen LogP contribution is -2.64. The van der Waals surface area contributed by atoms with Crippen LogP contribution in [0.1, 0.15) is 34.1 Å². The van der Waals surface area contributed by atoms with Crippen LogP contribution in [0.4, 0.5) is 0 Å². The van der Waals surface area contributed by atoms with E-state index >= 15 is 0 Å². The predicted molar refractivity (Wildman–Crippen MR) is 143 cm³/mol. The molecule has 0 aromatic heterocycles. The third-order valence-electron chi connectivity index (χ3n) is 5.38. The molecular weight excluding hydrogens is 505 g/mol. The minimum Gasteiger partial charge on any atom is -0.478 e. The van der Waals surface area contributed by atoms with Crippen molar-refractivity contribution in [2.45, 2.75) is 81.3 Å². The van der Waals surface area contributed by atoms with Gasteiger partial charge in [0.25, 0.3) is 0 Å². The monoisotopic (exact) mass is 545 g/mol. The molecule has 37 heavy (non-hydrogen) atoms. The standard InChI is InChI=1S/C21H40BN7O7S/c1-10(30)27-14-11(28-18(23)24)7-13(17(33)34)36-16(14)15(32)12(31)8-26-19(25)29-20(2,3)9-35-21(4,37)5-6-22/h7,11-12,14-16,31-32,37H,5-6,8-9,22H2,1-4H3,(H,27,30)(H,33,34)(H4,23,24,28)(H3,25,26,29)/t11-,12+,14+,15+,16+,21?/m0/s1. The molecule has 0 saturated carbocycles. The third kappa shape index (κ3) is 11.1. The molecule has 1 aliphatic rings. The minimum atomic E-state index is -1.70. The summed E-state index contributed by atoms with van der Waals surface area (Å²) < 4.78 is 11.2. The maximum atomic E-state index is 11.8. The third-order valence-corrected chi connectivity index (χ3v) is 5.73. The summed E-state index contributed by atoms with van der Waals surface area (Å²) in [7, 11) is 2.02. The topological polar surface area (TPSA) is 235 Å². The fourth-order valence-corrected chi connectivity index (χ4v) is 3.98. The van der Waals surface area contributed by atoms with Gasteiger partial charge < -0.3 is 51.8 Å². The van der Waals surface area contributed by atoms with E-state index in [0.29, 0.717) is 0 Å². The van der Waals surface area contributed by atoms with E-state index in [4.69, 9.17) is 26.0 Å². The number of carbonyl (C=O) groups is 2. The zero-order valence-corrected chi connectivity index (χ0v) is 22.7. The molecule has 14 nitrogen and oxygen atoms in total. The fraction of sp³-hybridized carbons (Fsp3) is 0.714. The Kier molecular flexibility index (Phi) is 12.0. The van der Waals surface area contributed by atoms with Crippen LogP contribution in [0, 0.1) is 10.8 Å². The zero-order valence-electron chi connectivity index (χ0n) is 21.8. The van der Waals surface area contributed by atoms with Crippen LogP contribution in [0.5, 0.6) is 0 Å². The number of carbonyl (C=O) groups excluding carboxylic acids is 1. The molecule has 0 fully saturated rings. The van der Waals surface area contributed by atoms with Crippen LogP contribution in [0.25, 0.3) is 0 Å². The van der Waals surface area contributed by atoms with Crippen LogP contribution in [0.3, 0.4) is 0 Å². The molecule has 1 aliphatic heterocycles. The van der Waals surface area contributed by atoms with E-state index in [0.717, 1.165) is 18.8 Å². The van der Waals surface area contributed by atoms with Crippen LogP contribution < -0.4 is 27.0 Å². The van der Waals surface area contributed by atoms with E-state index in [1.807, 2.05) is 28.6 Å². The number of ether oxygens (including phenoxy) is 2. The number of nitrogens with one attached hydrogen (secondary N) is 6. The Morgan fingerprint density at radius 1 is 1.30 bits per heavy atom. The van der Waals surface area contributed by atoms with Crippen molar-refractivity contribution in [1.82, 2.24) is 21.3 Å². The first-order valence-electron chi connectivity index (χ1n) is 11.8. The average Bonchev–Trinajstić information content (AvgIpc) is 2.75. The van der Waals surface area contributed by atoms with Gasteiger partial charge in [-0.3, -0.25) is 15.6 Å². The lowest BCUT2D eigenvalue weighted by molar-refractivity contribution is -0.144. The SMILES string of the molecule is BCCC(C)(S)OCC(C)(C)NC(=N)NC[C@@H](O)[C@@H](O)[C@@H]1OC(C(=O)O)=C[C@H](NC(=N)N)[C@H]1NC(C)=O. The van der Waals surface area contributed by atoms with Crippen molar-refractivity contribution in [3.8, 4) is 0 Å². The summed E-state index contributed by atoms with van der Waals surface area (Å²) >= 11 is 4.50. The first-order valence-corrected chi connectivity index (χ1v) is 12.2. The van der Waals surface area contributed by atoms with Crippen molar-refractivity contribution in [2.24, 2.45) is 5.73 Å². The van der Waals surface area contributed by atoms with Gasteiger partial charge in [0, 0.05) is 13.5 Å². The van der Waals surface area contributed by atoms with Gasteiger partial charge in [-0.1, -0.05) is 6.32 Å². The molecule has 1 unspecified atom stereocenters. The summed E-state index contributed by atoms with van der Waals surface area (Å²) in [6.45, 7) is 6.64. The highest BCUT2D eigenvalue weighted by atomic mass is 32.1. The van der Waals surface area contributed by atoms with Crippen LogP contribution in [-0.4, -0.2) is 101 Å². The van der Waals surface area contributed by atoms with Crippen molar-refractivity contribution in [1.29, 1.82) is 10.8 Å². The molecule has 11 N–H and O–H groups in total. The molecule has 1 amide bonds. The van der Waals surface area contributed by atoms with Crippen molar-refractivity contribution < 1.29 is 34.4 Å². The lowest BCUT2D eigenvalue weighted by Gasteiger charge is -2.40. The number of hydrogen-bond donors (Lipinski definition) is 11. The molecule has 16 heteroatoms. The second-order valence-corrected chi connectivity index (χ2v) is 10.7. The Hall–Kier alpha value is -2.69. The number of carboxylic acid groups (broad SMARTS) is 1. The van der Waals surface area contributed by atoms with Crippen LogP contribution >= 0.6 is 12.6 Å². The molecule has 6 atom stereocenters. The molecular formula is C21H40BN7O7S. The maximum absolute atomic E-state index is 11.8. The van der Waals surface area contributed by atoms with Gasteiger partial charge in [-0.05, 0) is 33.3 Å². The Morgan fingerprint density at radius 2 is 1.92 bits per heavy atom. The normalized spacial score (nSPS) is 22.8. The summed E-state index contributed by atoms with van der Waals surface area (Å²) in [6.07, 6.45) is -1.92. The van der Waals surface area contributed by atoms with Gasteiger partial charge >= 0.3 is 5.97 Å². The molecule has 0 spiro atoms. The quantitative estimate of drug-likeness (QED) is 0.0378. The van der Waals surface area contributed by atoms with Gasteiger partial charge in [0.05, 0.1) is 24.2 Å². The van der Waals surface area contributed by atoms with Gasteiger partial charge in [0.2, 0.25) is 11.7 Å². The van der Waals surface area contributed by atoms with E-state index in [-0.39, 0.29) is 19.1 Å². The average molecular weight is 545 g/mol. The highest BCUT2D eigenvalue weighted by molar-refractivity contribution is 7.81. The van der Waals surface area contributed by atoms with E-state index < -0.39 is 64.5 Å². The number of rotatable bonds is 13. The Balaban J connectivity index is 2.87. The van der Waals surface area contributed by atoms with Crippen LogP contribution in [-0.2, 0) is 19.1 Å². The number of aliphatic carboxylic acids is 1. The van der Waals surface area contributed by atoms with Crippen molar-refractivity contribution >= 4 is 44.3 Å². The number of aliphatic hydroxyl groups is 2. The van der Waals surface area contributed by atoms with E-state index in [1.54, 1.807) is 0 Å². The Bertz CT molecular complexity index is 874. The first kappa shape index (κ1) is 32.3. The van der Waals surface area contributed by atoms with E-state index in [1.165, 1.54) is 6.92 Å². The Morgan fingerprint density at radius 3 is 2.43 bits per heavy atom. The van der Waals surface area contributed by atoms with E-state index in [9.17, 15) is 24.9 Å². The number of carboxylic acids is 1. The number of amides is 1.